The molecule has 0 aliphatic rings. The molecular weight excluding hydrogens is 286 g/mol. The Balaban J connectivity index is 1.86. The zero-order valence-electron chi connectivity index (χ0n) is 11.7. The summed E-state index contributed by atoms with van der Waals surface area (Å²) in [6.07, 6.45) is 1.64. The van der Waals surface area contributed by atoms with Crippen LogP contribution in [0.25, 0.3) is 11.5 Å². The molecule has 0 fully saturated rings. The molecule has 0 radical (unpaired) electrons. The van der Waals surface area contributed by atoms with E-state index in [0.29, 0.717) is 11.4 Å². The first-order valence-electron chi connectivity index (χ1n) is 6.39. The Hall–Kier alpha value is -2.47. The number of methoxy groups -OCH3 is 1. The second-order valence-electron chi connectivity index (χ2n) is 4.48. The van der Waals surface area contributed by atoms with Crippen molar-refractivity contribution in [2.75, 3.05) is 18.2 Å². The molecule has 1 aromatic carbocycles. The number of rotatable bonds is 4. The van der Waals surface area contributed by atoms with Crippen LogP contribution in [-0.4, -0.2) is 12.1 Å². The van der Waals surface area contributed by atoms with E-state index in [1.54, 1.807) is 24.7 Å². The van der Waals surface area contributed by atoms with Crippen molar-refractivity contribution in [3.63, 3.8) is 0 Å². The van der Waals surface area contributed by atoms with Gasteiger partial charge in [0.1, 0.15) is 11.4 Å². The maximum absolute atomic E-state index is 5.90. The van der Waals surface area contributed by atoms with Crippen LogP contribution < -0.4 is 15.8 Å². The molecule has 0 saturated carbocycles. The van der Waals surface area contributed by atoms with Crippen LogP contribution in [0.15, 0.2) is 41.0 Å². The van der Waals surface area contributed by atoms with Gasteiger partial charge in [0.25, 0.3) is 0 Å². The molecule has 0 unspecified atom stereocenters. The fourth-order valence-corrected chi connectivity index (χ4v) is 2.87. The molecule has 2 aromatic heterocycles. The predicted octanol–water partition coefficient (Wildman–Crippen LogP) is 4.05. The van der Waals surface area contributed by atoms with Crippen molar-refractivity contribution >= 4 is 27.8 Å². The first-order valence-corrected chi connectivity index (χ1v) is 7.21. The number of nitrogen functional groups attached to an aromatic ring is 1. The minimum atomic E-state index is 0.585. The second-order valence-corrected chi connectivity index (χ2v) is 5.69. The summed E-state index contributed by atoms with van der Waals surface area (Å²) in [5.41, 5.74) is 8.21. The van der Waals surface area contributed by atoms with Gasteiger partial charge in [0.15, 0.2) is 10.9 Å². The Morgan fingerprint density at radius 1 is 1.33 bits per heavy atom. The fourth-order valence-electron chi connectivity index (χ4n) is 2.03. The number of nitrogens with two attached hydrogens (primary N) is 1. The van der Waals surface area contributed by atoms with Gasteiger partial charge in [0.05, 0.1) is 19.1 Å². The third-order valence-electron chi connectivity index (χ3n) is 3.03. The zero-order valence-corrected chi connectivity index (χ0v) is 12.5. The highest BCUT2D eigenvalue weighted by Gasteiger charge is 2.12. The maximum atomic E-state index is 5.90. The number of ether oxygens (including phenoxy) is 1. The summed E-state index contributed by atoms with van der Waals surface area (Å²) in [5, 5.41) is 4.04. The second kappa shape index (κ2) is 5.49. The summed E-state index contributed by atoms with van der Waals surface area (Å²) >= 11 is 1.57. The molecule has 108 valence electrons. The van der Waals surface area contributed by atoms with Gasteiger partial charge in [0.2, 0.25) is 0 Å². The first kappa shape index (κ1) is 13.5. The summed E-state index contributed by atoms with van der Waals surface area (Å²) in [4.78, 5) is 5.65. The molecule has 0 spiro atoms. The Labute approximate surface area is 126 Å². The summed E-state index contributed by atoms with van der Waals surface area (Å²) in [7, 11) is 1.60. The lowest BCUT2D eigenvalue weighted by Gasteiger charge is -2.07. The van der Waals surface area contributed by atoms with E-state index in [0.717, 1.165) is 27.2 Å². The number of benzene rings is 1. The third-order valence-corrected chi connectivity index (χ3v) is 3.92. The van der Waals surface area contributed by atoms with E-state index in [-0.39, 0.29) is 0 Å². The van der Waals surface area contributed by atoms with Crippen LogP contribution in [0.1, 0.15) is 4.88 Å². The van der Waals surface area contributed by atoms with Gasteiger partial charge in [-0.15, -0.1) is 11.3 Å². The van der Waals surface area contributed by atoms with Crippen LogP contribution >= 0.6 is 11.3 Å². The molecule has 5 nitrogen and oxygen atoms in total. The molecule has 0 aliphatic heterocycles. The topological polar surface area (TPSA) is 73.3 Å². The van der Waals surface area contributed by atoms with Crippen molar-refractivity contribution in [2.45, 2.75) is 6.92 Å². The van der Waals surface area contributed by atoms with Crippen LogP contribution in [0.4, 0.5) is 16.5 Å². The highest BCUT2D eigenvalue weighted by Crippen LogP contribution is 2.33. The maximum Gasteiger partial charge on any atom is 0.188 e. The van der Waals surface area contributed by atoms with Gasteiger partial charge >= 0.3 is 0 Å². The van der Waals surface area contributed by atoms with Gasteiger partial charge in [-0.3, -0.25) is 0 Å². The number of anilines is 3. The SMILES string of the molecule is COc1ccc(Nc2nc(-c3ccco3)c(C)s2)cc1N. The largest absolute Gasteiger partial charge is 0.495 e. The lowest BCUT2D eigenvalue weighted by Crippen LogP contribution is -1.95. The van der Waals surface area contributed by atoms with Crippen LogP contribution in [0.5, 0.6) is 5.75 Å². The van der Waals surface area contributed by atoms with Crippen LogP contribution in [0, 0.1) is 6.92 Å². The molecule has 0 bridgehead atoms. The van der Waals surface area contributed by atoms with Gasteiger partial charge in [-0.2, -0.15) is 0 Å². The average molecular weight is 301 g/mol. The third kappa shape index (κ3) is 2.71. The normalized spacial score (nSPS) is 10.6. The van der Waals surface area contributed by atoms with E-state index >= 15 is 0 Å². The molecule has 2 heterocycles. The van der Waals surface area contributed by atoms with E-state index in [1.165, 1.54) is 0 Å². The van der Waals surface area contributed by atoms with Crippen LogP contribution in [-0.2, 0) is 0 Å². The van der Waals surface area contributed by atoms with Gasteiger partial charge in [-0.05, 0) is 37.3 Å². The highest BCUT2D eigenvalue weighted by molar-refractivity contribution is 7.16. The van der Waals surface area contributed by atoms with E-state index in [1.807, 2.05) is 37.3 Å². The van der Waals surface area contributed by atoms with Crippen LogP contribution in [0.2, 0.25) is 0 Å². The van der Waals surface area contributed by atoms with Crippen molar-refractivity contribution in [1.29, 1.82) is 0 Å². The standard InChI is InChI=1S/C15H15N3O2S/c1-9-14(13-4-3-7-20-13)18-15(21-9)17-10-5-6-12(19-2)11(16)8-10/h3-8H,16H2,1-2H3,(H,17,18). The fraction of sp³-hybridized carbons (Fsp3) is 0.133. The van der Waals surface area contributed by atoms with Crippen molar-refractivity contribution in [3.8, 4) is 17.2 Å². The summed E-state index contributed by atoms with van der Waals surface area (Å²) in [6, 6.07) is 9.30. The number of hydrogen-bond acceptors (Lipinski definition) is 6. The van der Waals surface area contributed by atoms with Gasteiger partial charge in [0, 0.05) is 10.6 Å². The quantitative estimate of drug-likeness (QED) is 0.711. The smallest absolute Gasteiger partial charge is 0.188 e. The molecular formula is C15H15N3O2S. The Bertz CT molecular complexity index is 750. The number of aryl methyl sites for hydroxylation is 1. The molecule has 3 rings (SSSR count). The summed E-state index contributed by atoms with van der Waals surface area (Å²) < 4.78 is 10.5. The zero-order chi connectivity index (χ0) is 14.8. The van der Waals surface area contributed by atoms with E-state index < -0.39 is 0 Å². The Kier molecular flexibility index (Phi) is 3.53. The summed E-state index contributed by atoms with van der Waals surface area (Å²) in [6.45, 7) is 2.02. The molecule has 6 heteroatoms. The Morgan fingerprint density at radius 3 is 2.86 bits per heavy atom. The number of furan rings is 1. The lowest BCUT2D eigenvalue weighted by atomic mass is 10.2. The molecule has 0 amide bonds. The van der Waals surface area contributed by atoms with Gasteiger partial charge in [-0.1, -0.05) is 0 Å². The van der Waals surface area contributed by atoms with Crippen molar-refractivity contribution in [1.82, 2.24) is 4.98 Å². The number of thiazole rings is 1. The number of nitrogens with zero attached hydrogens (tertiary/aromatic N) is 1. The monoisotopic (exact) mass is 301 g/mol. The summed E-state index contributed by atoms with van der Waals surface area (Å²) in [5.74, 6) is 1.43. The highest BCUT2D eigenvalue weighted by atomic mass is 32.1. The minimum absolute atomic E-state index is 0.585. The van der Waals surface area contributed by atoms with Crippen LogP contribution in [0.3, 0.4) is 0 Å². The predicted molar refractivity (Wildman–Crippen MR) is 85.2 cm³/mol. The van der Waals surface area contributed by atoms with Gasteiger partial charge in [-0.25, -0.2) is 4.98 Å². The van der Waals surface area contributed by atoms with Crippen molar-refractivity contribution in [3.05, 3.63) is 41.5 Å². The van der Waals surface area contributed by atoms with Crippen molar-refractivity contribution in [2.24, 2.45) is 0 Å². The van der Waals surface area contributed by atoms with Gasteiger partial charge < -0.3 is 20.2 Å². The van der Waals surface area contributed by atoms with E-state index in [4.69, 9.17) is 14.9 Å². The molecule has 21 heavy (non-hydrogen) atoms. The van der Waals surface area contributed by atoms with E-state index in [9.17, 15) is 0 Å². The molecule has 0 saturated heterocycles. The number of hydrogen-bond donors (Lipinski definition) is 2. The Morgan fingerprint density at radius 2 is 2.19 bits per heavy atom. The molecule has 0 aliphatic carbocycles. The first-order chi connectivity index (χ1) is 10.2. The average Bonchev–Trinajstić information content (AvgIpc) is 3.08. The van der Waals surface area contributed by atoms with E-state index in [2.05, 4.69) is 10.3 Å². The number of nitrogens with one attached hydrogen (secondary N) is 1. The lowest BCUT2D eigenvalue weighted by molar-refractivity contribution is 0.417. The molecule has 3 N–H and O–H groups in total. The minimum Gasteiger partial charge on any atom is -0.495 e. The molecule has 3 aromatic rings. The number of aromatic nitrogens is 1. The van der Waals surface area contributed by atoms with Crippen molar-refractivity contribution < 1.29 is 9.15 Å². The molecule has 0 atom stereocenters.